The van der Waals surface area contributed by atoms with Crippen molar-refractivity contribution in [2.45, 2.75) is 13.0 Å². The number of nitrogens with one attached hydrogen (secondary N) is 2. The maximum Gasteiger partial charge on any atom is 0.325 e. The molecule has 88 valence electrons. The third-order valence-corrected chi connectivity index (χ3v) is 2.55. The predicted octanol–water partition coefficient (Wildman–Crippen LogP) is 1.37. The Balaban J connectivity index is 2.28. The monoisotopic (exact) mass is 232 g/mol. The number of carboxylic acids is 1. The maximum atomic E-state index is 11.8. The highest BCUT2D eigenvalue weighted by molar-refractivity contribution is 6.07. The Morgan fingerprint density at radius 1 is 1.35 bits per heavy atom. The average Bonchev–Trinajstić information content (AvgIpc) is 2.72. The smallest absolute Gasteiger partial charge is 0.325 e. The molecule has 0 spiro atoms. The number of hydrogen-bond donors (Lipinski definition) is 3. The number of para-hydroxylation sites is 1. The van der Waals surface area contributed by atoms with Crippen LogP contribution in [-0.4, -0.2) is 28.0 Å². The molecule has 0 aliphatic heterocycles. The van der Waals surface area contributed by atoms with Crippen molar-refractivity contribution in [1.29, 1.82) is 0 Å². The van der Waals surface area contributed by atoms with Crippen molar-refractivity contribution in [3.05, 3.63) is 36.0 Å². The summed E-state index contributed by atoms with van der Waals surface area (Å²) in [7, 11) is 0. The first-order chi connectivity index (χ1) is 8.09. The van der Waals surface area contributed by atoms with Crippen LogP contribution in [0.1, 0.15) is 17.3 Å². The van der Waals surface area contributed by atoms with Crippen molar-refractivity contribution in [3.8, 4) is 0 Å². The summed E-state index contributed by atoms with van der Waals surface area (Å²) in [6, 6.07) is 6.45. The highest BCUT2D eigenvalue weighted by Gasteiger charge is 2.17. The quantitative estimate of drug-likeness (QED) is 0.747. The highest BCUT2D eigenvalue weighted by Crippen LogP contribution is 2.17. The summed E-state index contributed by atoms with van der Waals surface area (Å²) in [4.78, 5) is 25.4. The van der Waals surface area contributed by atoms with E-state index >= 15 is 0 Å². The van der Waals surface area contributed by atoms with Crippen LogP contribution in [0.3, 0.4) is 0 Å². The molecule has 1 atom stereocenters. The minimum Gasteiger partial charge on any atom is -0.480 e. The van der Waals surface area contributed by atoms with Gasteiger partial charge in [0.25, 0.3) is 5.91 Å². The molecule has 5 nitrogen and oxygen atoms in total. The Hall–Kier alpha value is -2.30. The molecule has 1 aromatic heterocycles. The van der Waals surface area contributed by atoms with Crippen LogP contribution in [0.2, 0.25) is 0 Å². The number of amides is 1. The lowest BCUT2D eigenvalue weighted by molar-refractivity contribution is -0.138. The van der Waals surface area contributed by atoms with Crippen molar-refractivity contribution < 1.29 is 14.7 Å². The normalized spacial score (nSPS) is 12.3. The Bertz CT molecular complexity index is 574. The van der Waals surface area contributed by atoms with Gasteiger partial charge in [-0.2, -0.15) is 0 Å². The van der Waals surface area contributed by atoms with Gasteiger partial charge in [0.05, 0.1) is 5.56 Å². The predicted molar refractivity (Wildman–Crippen MR) is 62.9 cm³/mol. The van der Waals surface area contributed by atoms with Gasteiger partial charge in [0.15, 0.2) is 0 Å². The topological polar surface area (TPSA) is 82.2 Å². The van der Waals surface area contributed by atoms with E-state index in [1.807, 2.05) is 24.3 Å². The molecule has 0 radical (unpaired) electrons. The fourth-order valence-electron chi connectivity index (χ4n) is 1.60. The number of rotatable bonds is 3. The van der Waals surface area contributed by atoms with Gasteiger partial charge < -0.3 is 15.4 Å². The van der Waals surface area contributed by atoms with Crippen LogP contribution < -0.4 is 5.32 Å². The van der Waals surface area contributed by atoms with Crippen LogP contribution in [0.5, 0.6) is 0 Å². The maximum absolute atomic E-state index is 11.8. The molecule has 0 aliphatic carbocycles. The Morgan fingerprint density at radius 2 is 2.06 bits per heavy atom. The van der Waals surface area contributed by atoms with E-state index in [2.05, 4.69) is 10.3 Å². The third-order valence-electron chi connectivity index (χ3n) is 2.55. The largest absolute Gasteiger partial charge is 0.480 e. The molecule has 1 aromatic carbocycles. The van der Waals surface area contributed by atoms with Gasteiger partial charge in [-0.15, -0.1) is 0 Å². The zero-order valence-electron chi connectivity index (χ0n) is 9.23. The molecule has 0 fully saturated rings. The van der Waals surface area contributed by atoms with E-state index in [1.54, 1.807) is 6.20 Å². The minimum absolute atomic E-state index is 0.391. The fraction of sp³-hybridized carbons (Fsp3) is 0.167. The van der Waals surface area contributed by atoms with E-state index < -0.39 is 17.9 Å². The highest BCUT2D eigenvalue weighted by atomic mass is 16.4. The lowest BCUT2D eigenvalue weighted by atomic mass is 10.1. The van der Waals surface area contributed by atoms with Crippen molar-refractivity contribution in [2.75, 3.05) is 0 Å². The number of carboxylic acid groups (broad SMARTS) is 1. The van der Waals surface area contributed by atoms with Gasteiger partial charge in [-0.25, -0.2) is 0 Å². The molecule has 1 amide bonds. The number of fused-ring (bicyclic) bond motifs is 1. The molecule has 2 aromatic rings. The molecule has 17 heavy (non-hydrogen) atoms. The molecule has 0 bridgehead atoms. The molecule has 2 rings (SSSR count). The summed E-state index contributed by atoms with van der Waals surface area (Å²) >= 11 is 0. The fourth-order valence-corrected chi connectivity index (χ4v) is 1.60. The molecular formula is C12H12N2O3. The third kappa shape index (κ3) is 2.13. The second kappa shape index (κ2) is 4.29. The average molecular weight is 232 g/mol. The van der Waals surface area contributed by atoms with Gasteiger partial charge in [0.1, 0.15) is 6.04 Å². The Morgan fingerprint density at radius 3 is 2.76 bits per heavy atom. The summed E-state index contributed by atoms with van der Waals surface area (Å²) in [5.41, 5.74) is 1.30. The standard InChI is InChI=1S/C12H12N2O3/c1-7(12(16)17)14-11(15)9-6-13-10-5-3-2-4-8(9)10/h2-7,13H,1H3,(H,14,15)(H,16,17). The van der Waals surface area contributed by atoms with E-state index in [1.165, 1.54) is 6.92 Å². The summed E-state index contributed by atoms with van der Waals surface area (Å²) in [5.74, 6) is -1.45. The van der Waals surface area contributed by atoms with Crippen LogP contribution in [0.15, 0.2) is 30.5 Å². The second-order valence-electron chi connectivity index (χ2n) is 3.78. The zero-order valence-corrected chi connectivity index (χ0v) is 9.23. The molecular weight excluding hydrogens is 220 g/mol. The number of hydrogen-bond acceptors (Lipinski definition) is 2. The molecule has 3 N–H and O–H groups in total. The van der Waals surface area contributed by atoms with E-state index in [-0.39, 0.29) is 0 Å². The first kappa shape index (κ1) is 11.2. The van der Waals surface area contributed by atoms with Gasteiger partial charge in [-0.05, 0) is 13.0 Å². The zero-order chi connectivity index (χ0) is 12.4. The lowest BCUT2D eigenvalue weighted by Crippen LogP contribution is -2.38. The summed E-state index contributed by atoms with van der Waals surface area (Å²) in [5, 5.41) is 11.9. The molecule has 0 saturated carbocycles. The van der Waals surface area contributed by atoms with Crippen LogP contribution in [0.4, 0.5) is 0 Å². The second-order valence-corrected chi connectivity index (χ2v) is 3.78. The number of aromatic amines is 1. The van der Waals surface area contributed by atoms with Gasteiger partial charge >= 0.3 is 5.97 Å². The molecule has 0 aliphatic rings. The van der Waals surface area contributed by atoms with Crippen LogP contribution in [0.25, 0.3) is 10.9 Å². The number of benzene rings is 1. The Labute approximate surface area is 97.4 Å². The van der Waals surface area contributed by atoms with E-state index in [0.717, 1.165) is 10.9 Å². The first-order valence-corrected chi connectivity index (χ1v) is 5.19. The van der Waals surface area contributed by atoms with E-state index in [4.69, 9.17) is 5.11 Å². The van der Waals surface area contributed by atoms with Crippen LogP contribution in [-0.2, 0) is 4.79 Å². The van der Waals surface area contributed by atoms with Gasteiger partial charge in [-0.1, -0.05) is 18.2 Å². The van der Waals surface area contributed by atoms with Crippen molar-refractivity contribution in [3.63, 3.8) is 0 Å². The first-order valence-electron chi connectivity index (χ1n) is 5.19. The van der Waals surface area contributed by atoms with Gasteiger partial charge in [0, 0.05) is 17.1 Å². The SMILES string of the molecule is CC(NC(=O)c1c[nH]c2ccccc12)C(=O)O. The van der Waals surface area contributed by atoms with Crippen LogP contribution in [0, 0.1) is 0 Å². The van der Waals surface area contributed by atoms with Crippen molar-refractivity contribution in [2.24, 2.45) is 0 Å². The van der Waals surface area contributed by atoms with Gasteiger partial charge in [-0.3, -0.25) is 9.59 Å². The lowest BCUT2D eigenvalue weighted by Gasteiger charge is -2.08. The molecule has 1 unspecified atom stereocenters. The number of H-pyrrole nitrogens is 1. The Kier molecular flexibility index (Phi) is 2.82. The van der Waals surface area contributed by atoms with Crippen LogP contribution >= 0.6 is 0 Å². The van der Waals surface area contributed by atoms with Crippen molar-refractivity contribution >= 4 is 22.8 Å². The van der Waals surface area contributed by atoms with Gasteiger partial charge in [0.2, 0.25) is 0 Å². The molecule has 1 heterocycles. The molecule has 5 heteroatoms. The summed E-state index contributed by atoms with van der Waals surface area (Å²) in [6.45, 7) is 1.43. The minimum atomic E-state index is -1.06. The summed E-state index contributed by atoms with van der Waals surface area (Å²) in [6.07, 6.45) is 1.58. The summed E-state index contributed by atoms with van der Waals surface area (Å²) < 4.78 is 0. The van der Waals surface area contributed by atoms with E-state index in [9.17, 15) is 9.59 Å². The number of aliphatic carboxylic acids is 1. The number of aromatic nitrogens is 1. The van der Waals surface area contributed by atoms with E-state index in [0.29, 0.717) is 5.56 Å². The molecule has 0 saturated heterocycles. The van der Waals surface area contributed by atoms with Crippen molar-refractivity contribution in [1.82, 2.24) is 10.3 Å². The number of carbonyl (C=O) groups excluding carboxylic acids is 1. The number of carbonyl (C=O) groups is 2.